The summed E-state index contributed by atoms with van der Waals surface area (Å²) in [5.74, 6) is -0.517. The van der Waals surface area contributed by atoms with Gasteiger partial charge < -0.3 is 15.0 Å². The summed E-state index contributed by atoms with van der Waals surface area (Å²) >= 11 is 0. The zero-order valence-corrected chi connectivity index (χ0v) is 19.4. The van der Waals surface area contributed by atoms with Crippen molar-refractivity contribution in [2.45, 2.75) is 19.7 Å². The molecular weight excluding hydrogens is 459 g/mol. The van der Waals surface area contributed by atoms with E-state index < -0.39 is 17.8 Å². The van der Waals surface area contributed by atoms with Crippen molar-refractivity contribution in [1.29, 1.82) is 0 Å². The van der Waals surface area contributed by atoms with Crippen LogP contribution in [-0.2, 0) is 21.1 Å². The van der Waals surface area contributed by atoms with E-state index in [0.29, 0.717) is 16.7 Å². The molecule has 35 heavy (non-hydrogen) atoms. The summed E-state index contributed by atoms with van der Waals surface area (Å²) < 4.78 is 41.4. The second-order valence-electron chi connectivity index (χ2n) is 7.46. The monoisotopic (exact) mass is 483 g/mol. The normalized spacial score (nSPS) is 12.3. The number of likely N-dealkylation sites (N-methyl/N-ethyl adjacent to an activating group) is 1. The summed E-state index contributed by atoms with van der Waals surface area (Å²) in [7, 11) is 2.72. The van der Waals surface area contributed by atoms with Crippen LogP contribution in [0.5, 0.6) is 0 Å². The number of aryl methyl sites for hydroxylation is 1. The predicted octanol–water partition coefficient (Wildman–Crippen LogP) is 5.24. The molecule has 0 saturated carbocycles. The third kappa shape index (κ3) is 6.26. The Bertz CT molecular complexity index is 1220. The minimum atomic E-state index is -4.74. The van der Waals surface area contributed by atoms with Crippen LogP contribution in [0.1, 0.15) is 22.3 Å². The first-order valence-electron chi connectivity index (χ1n) is 10.6. The van der Waals surface area contributed by atoms with Gasteiger partial charge in [0.25, 0.3) is 5.91 Å². The van der Waals surface area contributed by atoms with Crippen LogP contribution >= 0.6 is 0 Å². The Morgan fingerprint density at radius 2 is 1.57 bits per heavy atom. The standard InChI is InChI=1S/C26H24F3N3O3/c1-17-8-7-11-21(23(31-34-3)25(33)30-2)22(17)16-35-32-24(26(27,28)29)20-14-12-19(13-15-20)18-9-5-4-6-10-18/h4-15H,16H2,1-3H3,(H,30,33)/b31-23+,32-24-. The zero-order chi connectivity index (χ0) is 25.4. The van der Waals surface area contributed by atoms with Crippen molar-refractivity contribution in [3.05, 3.63) is 95.1 Å². The Morgan fingerprint density at radius 1 is 0.914 bits per heavy atom. The molecule has 3 rings (SSSR count). The fraction of sp³-hybridized carbons (Fsp3) is 0.192. The van der Waals surface area contributed by atoms with E-state index in [-0.39, 0.29) is 17.9 Å². The van der Waals surface area contributed by atoms with Gasteiger partial charge >= 0.3 is 6.18 Å². The smallest absolute Gasteiger partial charge is 0.398 e. The predicted molar refractivity (Wildman–Crippen MR) is 128 cm³/mol. The van der Waals surface area contributed by atoms with Crippen LogP contribution in [0.25, 0.3) is 11.1 Å². The van der Waals surface area contributed by atoms with Gasteiger partial charge in [-0.15, -0.1) is 0 Å². The number of carbonyl (C=O) groups excluding carboxylic acids is 1. The quantitative estimate of drug-likeness (QED) is 0.352. The largest absolute Gasteiger partial charge is 0.437 e. The fourth-order valence-corrected chi connectivity index (χ4v) is 3.42. The number of hydrogen-bond donors (Lipinski definition) is 1. The molecule has 0 aliphatic heterocycles. The van der Waals surface area contributed by atoms with Crippen molar-refractivity contribution in [2.24, 2.45) is 10.3 Å². The SMILES string of the molecule is CNC(=O)/C(=N/OC)c1cccc(C)c1CO/N=C(/c1ccc(-c2ccccc2)cc1)C(F)(F)F. The highest BCUT2D eigenvalue weighted by atomic mass is 19.4. The number of nitrogens with zero attached hydrogens (tertiary/aromatic N) is 2. The van der Waals surface area contributed by atoms with Gasteiger partial charge in [-0.05, 0) is 23.6 Å². The Hall–Kier alpha value is -4.14. The van der Waals surface area contributed by atoms with Gasteiger partial charge in [0.15, 0.2) is 11.4 Å². The first-order valence-corrected chi connectivity index (χ1v) is 10.6. The van der Waals surface area contributed by atoms with Crippen molar-refractivity contribution in [1.82, 2.24) is 5.32 Å². The molecule has 182 valence electrons. The van der Waals surface area contributed by atoms with Crippen molar-refractivity contribution < 1.29 is 27.6 Å². The van der Waals surface area contributed by atoms with E-state index in [4.69, 9.17) is 9.68 Å². The van der Waals surface area contributed by atoms with Crippen LogP contribution in [0.2, 0.25) is 0 Å². The molecule has 0 aliphatic carbocycles. The highest BCUT2D eigenvalue weighted by Crippen LogP contribution is 2.26. The number of amides is 1. The van der Waals surface area contributed by atoms with Crippen LogP contribution in [0.3, 0.4) is 0 Å². The Balaban J connectivity index is 1.90. The molecule has 3 aromatic carbocycles. The van der Waals surface area contributed by atoms with Crippen LogP contribution in [0, 0.1) is 6.92 Å². The van der Waals surface area contributed by atoms with E-state index in [1.54, 1.807) is 37.3 Å². The maximum atomic E-state index is 13.8. The summed E-state index contributed by atoms with van der Waals surface area (Å²) in [5.41, 5.74) is 1.84. The number of benzene rings is 3. The number of hydrogen-bond acceptors (Lipinski definition) is 5. The molecule has 0 aromatic heterocycles. The van der Waals surface area contributed by atoms with E-state index in [1.165, 1.54) is 26.3 Å². The lowest BCUT2D eigenvalue weighted by molar-refractivity contribution is -0.114. The maximum absolute atomic E-state index is 13.8. The molecule has 0 radical (unpaired) electrons. The third-order valence-corrected chi connectivity index (χ3v) is 5.19. The molecule has 0 atom stereocenters. The fourth-order valence-electron chi connectivity index (χ4n) is 3.42. The molecule has 6 nitrogen and oxygen atoms in total. The molecule has 0 fully saturated rings. The van der Waals surface area contributed by atoms with Gasteiger partial charge in [0.1, 0.15) is 13.7 Å². The van der Waals surface area contributed by atoms with Crippen LogP contribution in [-0.4, -0.2) is 37.7 Å². The third-order valence-electron chi connectivity index (χ3n) is 5.19. The second kappa shape index (κ2) is 11.3. The highest BCUT2D eigenvalue weighted by molar-refractivity contribution is 6.45. The second-order valence-corrected chi connectivity index (χ2v) is 7.46. The van der Waals surface area contributed by atoms with Crippen LogP contribution in [0.4, 0.5) is 13.2 Å². The van der Waals surface area contributed by atoms with Crippen molar-refractivity contribution in [3.63, 3.8) is 0 Å². The molecule has 9 heteroatoms. The van der Waals surface area contributed by atoms with E-state index in [0.717, 1.165) is 11.1 Å². The summed E-state index contributed by atoms with van der Waals surface area (Å²) in [5, 5.41) is 9.66. The molecule has 0 aliphatic rings. The topological polar surface area (TPSA) is 72.3 Å². The van der Waals surface area contributed by atoms with Crippen molar-refractivity contribution in [3.8, 4) is 11.1 Å². The minimum absolute atomic E-state index is 0.0335. The summed E-state index contributed by atoms with van der Waals surface area (Å²) in [6.07, 6.45) is -4.74. The molecular formula is C26H24F3N3O3. The first-order chi connectivity index (χ1) is 16.8. The number of alkyl halides is 3. The average molecular weight is 483 g/mol. The van der Waals surface area contributed by atoms with Crippen molar-refractivity contribution >= 4 is 17.3 Å². The van der Waals surface area contributed by atoms with E-state index >= 15 is 0 Å². The number of oxime groups is 2. The molecule has 0 saturated heterocycles. The summed E-state index contributed by atoms with van der Waals surface area (Å²) in [4.78, 5) is 22.2. The molecule has 0 bridgehead atoms. The average Bonchev–Trinajstić information content (AvgIpc) is 2.85. The molecule has 0 spiro atoms. The van der Waals surface area contributed by atoms with Gasteiger partial charge in [0.05, 0.1) is 0 Å². The number of halogens is 3. The summed E-state index contributed by atoms with van der Waals surface area (Å²) in [6, 6.07) is 20.3. The lowest BCUT2D eigenvalue weighted by Gasteiger charge is -2.14. The molecule has 0 unspecified atom stereocenters. The van der Waals surface area contributed by atoms with Gasteiger partial charge in [-0.3, -0.25) is 4.79 Å². The summed E-state index contributed by atoms with van der Waals surface area (Å²) in [6.45, 7) is 1.43. The number of nitrogens with one attached hydrogen (secondary N) is 1. The molecule has 3 aromatic rings. The minimum Gasteiger partial charge on any atom is -0.398 e. The zero-order valence-electron chi connectivity index (χ0n) is 19.4. The van der Waals surface area contributed by atoms with E-state index in [1.807, 2.05) is 30.3 Å². The maximum Gasteiger partial charge on any atom is 0.437 e. The highest BCUT2D eigenvalue weighted by Gasteiger charge is 2.38. The molecule has 1 amide bonds. The van der Waals surface area contributed by atoms with Gasteiger partial charge in [0, 0.05) is 23.7 Å². The number of carbonyl (C=O) groups is 1. The van der Waals surface area contributed by atoms with Gasteiger partial charge in [-0.1, -0.05) is 83.1 Å². The molecule has 1 N–H and O–H groups in total. The lowest BCUT2D eigenvalue weighted by atomic mass is 9.98. The van der Waals surface area contributed by atoms with Crippen molar-refractivity contribution in [2.75, 3.05) is 14.2 Å². The Labute approximate surface area is 201 Å². The lowest BCUT2D eigenvalue weighted by Crippen LogP contribution is -2.29. The van der Waals surface area contributed by atoms with Crippen LogP contribution < -0.4 is 5.32 Å². The van der Waals surface area contributed by atoms with E-state index in [9.17, 15) is 18.0 Å². The Kier molecular flexibility index (Phi) is 8.25. The van der Waals surface area contributed by atoms with Gasteiger partial charge in [0.2, 0.25) is 0 Å². The number of rotatable bonds is 8. The van der Waals surface area contributed by atoms with E-state index in [2.05, 4.69) is 15.6 Å². The van der Waals surface area contributed by atoms with Crippen LogP contribution in [0.15, 0.2) is 83.1 Å². The molecule has 0 heterocycles. The Morgan fingerprint density at radius 3 is 2.17 bits per heavy atom. The van der Waals surface area contributed by atoms with Gasteiger partial charge in [-0.2, -0.15) is 13.2 Å². The first kappa shape index (κ1) is 25.5. The van der Waals surface area contributed by atoms with Gasteiger partial charge in [-0.25, -0.2) is 0 Å².